The Balaban J connectivity index is 3.62. The zero-order valence-electron chi connectivity index (χ0n) is 11.0. The molecule has 0 heterocycles. The fourth-order valence-electron chi connectivity index (χ4n) is 1.38. The van der Waals surface area contributed by atoms with Crippen LogP contribution in [-0.2, 0) is 0 Å². The predicted molar refractivity (Wildman–Crippen MR) is 65.4 cm³/mol. The van der Waals surface area contributed by atoms with Crippen LogP contribution in [0.4, 0.5) is 0 Å². The molecule has 0 rings (SSSR count). The van der Waals surface area contributed by atoms with E-state index in [1.807, 2.05) is 0 Å². The molecule has 0 aromatic heterocycles. The Bertz CT molecular complexity index is 130. The molecule has 1 nitrogen and oxygen atoms in total. The van der Waals surface area contributed by atoms with Crippen LogP contribution < -0.4 is 5.73 Å². The van der Waals surface area contributed by atoms with Gasteiger partial charge in [-0.05, 0) is 36.5 Å². The van der Waals surface area contributed by atoms with Crippen molar-refractivity contribution in [2.75, 3.05) is 0 Å². The van der Waals surface area contributed by atoms with Crippen molar-refractivity contribution in [2.45, 2.75) is 73.3 Å². The van der Waals surface area contributed by atoms with Gasteiger partial charge < -0.3 is 5.73 Å². The molecule has 2 N–H and O–H groups in total. The number of hydrogen-bond acceptors (Lipinski definition) is 1. The first-order valence-electron chi connectivity index (χ1n) is 5.86. The molecule has 86 valence electrons. The monoisotopic (exact) mass is 199 g/mol. The van der Waals surface area contributed by atoms with Crippen molar-refractivity contribution in [1.29, 1.82) is 0 Å². The summed E-state index contributed by atoms with van der Waals surface area (Å²) in [4.78, 5) is 0. The lowest BCUT2D eigenvalue weighted by molar-refractivity contribution is 0.311. The molecular formula is C13H29N. The standard InChI is InChI=1S/C13H29N/c1-12(2,3)9-7-11(14)8-10-13(4,5)6/h11H,7-10,14H2,1-6H3. The van der Waals surface area contributed by atoms with Gasteiger partial charge in [-0.2, -0.15) is 0 Å². The van der Waals surface area contributed by atoms with Gasteiger partial charge >= 0.3 is 0 Å². The molecule has 0 aliphatic carbocycles. The van der Waals surface area contributed by atoms with Crippen molar-refractivity contribution in [3.63, 3.8) is 0 Å². The Labute approximate surface area is 90.5 Å². The first-order chi connectivity index (χ1) is 6.10. The highest BCUT2D eigenvalue weighted by Crippen LogP contribution is 2.25. The van der Waals surface area contributed by atoms with Crippen LogP contribution in [0.2, 0.25) is 0 Å². The average molecular weight is 199 g/mol. The van der Waals surface area contributed by atoms with E-state index in [-0.39, 0.29) is 0 Å². The van der Waals surface area contributed by atoms with Crippen molar-refractivity contribution in [1.82, 2.24) is 0 Å². The number of nitrogens with two attached hydrogens (primary N) is 1. The van der Waals surface area contributed by atoms with E-state index in [1.54, 1.807) is 0 Å². The molecule has 0 unspecified atom stereocenters. The van der Waals surface area contributed by atoms with E-state index in [1.165, 1.54) is 25.7 Å². The Morgan fingerprint density at radius 1 is 0.786 bits per heavy atom. The second-order valence-corrected chi connectivity index (χ2v) is 6.96. The molecule has 0 aromatic carbocycles. The molecule has 0 spiro atoms. The van der Waals surface area contributed by atoms with Crippen molar-refractivity contribution in [3.05, 3.63) is 0 Å². The van der Waals surface area contributed by atoms with Crippen LogP contribution in [0.1, 0.15) is 67.2 Å². The molecule has 0 saturated carbocycles. The predicted octanol–water partition coefficient (Wildman–Crippen LogP) is 3.97. The third kappa shape index (κ3) is 10.0. The summed E-state index contributed by atoms with van der Waals surface area (Å²) in [5.74, 6) is 0. The summed E-state index contributed by atoms with van der Waals surface area (Å²) in [6.45, 7) is 13.7. The van der Waals surface area contributed by atoms with Gasteiger partial charge in [-0.25, -0.2) is 0 Å². The summed E-state index contributed by atoms with van der Waals surface area (Å²) in [7, 11) is 0. The first kappa shape index (κ1) is 14.0. The van der Waals surface area contributed by atoms with Gasteiger partial charge in [0.1, 0.15) is 0 Å². The summed E-state index contributed by atoms with van der Waals surface area (Å²) in [5, 5.41) is 0. The minimum absolute atomic E-state index is 0.397. The SMILES string of the molecule is CC(C)(C)CCC(N)CCC(C)(C)C. The van der Waals surface area contributed by atoms with Crippen molar-refractivity contribution in [2.24, 2.45) is 16.6 Å². The molecule has 0 bridgehead atoms. The fraction of sp³-hybridized carbons (Fsp3) is 1.00. The van der Waals surface area contributed by atoms with E-state index in [4.69, 9.17) is 5.73 Å². The third-order valence-corrected chi connectivity index (χ3v) is 2.53. The normalized spacial score (nSPS) is 13.7. The van der Waals surface area contributed by atoms with E-state index in [9.17, 15) is 0 Å². The fourth-order valence-corrected chi connectivity index (χ4v) is 1.38. The van der Waals surface area contributed by atoms with Crippen LogP contribution in [0, 0.1) is 10.8 Å². The van der Waals surface area contributed by atoms with Crippen molar-refractivity contribution < 1.29 is 0 Å². The van der Waals surface area contributed by atoms with Crippen LogP contribution in [0.25, 0.3) is 0 Å². The summed E-state index contributed by atoms with van der Waals surface area (Å²) >= 11 is 0. The highest BCUT2D eigenvalue weighted by atomic mass is 14.6. The van der Waals surface area contributed by atoms with Gasteiger partial charge in [-0.3, -0.25) is 0 Å². The number of hydrogen-bond donors (Lipinski definition) is 1. The Morgan fingerprint density at radius 3 is 1.29 bits per heavy atom. The molecule has 0 atom stereocenters. The van der Waals surface area contributed by atoms with E-state index >= 15 is 0 Å². The second-order valence-electron chi connectivity index (χ2n) is 6.96. The average Bonchev–Trinajstić information content (AvgIpc) is 1.94. The van der Waals surface area contributed by atoms with Gasteiger partial charge in [0.05, 0.1) is 0 Å². The van der Waals surface area contributed by atoms with Crippen LogP contribution in [0.5, 0.6) is 0 Å². The molecule has 0 radical (unpaired) electrons. The lowest BCUT2D eigenvalue weighted by Gasteiger charge is -2.23. The maximum absolute atomic E-state index is 6.09. The van der Waals surface area contributed by atoms with Gasteiger partial charge in [0.15, 0.2) is 0 Å². The minimum atomic E-state index is 0.397. The molecule has 1 heteroatoms. The second kappa shape index (κ2) is 5.16. The third-order valence-electron chi connectivity index (χ3n) is 2.53. The van der Waals surface area contributed by atoms with Gasteiger partial charge in [0, 0.05) is 6.04 Å². The number of rotatable bonds is 4. The Hall–Kier alpha value is -0.0400. The zero-order valence-corrected chi connectivity index (χ0v) is 11.0. The lowest BCUT2D eigenvalue weighted by atomic mass is 9.85. The zero-order chi connectivity index (χ0) is 11.4. The molecule has 0 saturated heterocycles. The summed E-state index contributed by atoms with van der Waals surface area (Å²) < 4.78 is 0. The van der Waals surface area contributed by atoms with Crippen LogP contribution in [0.3, 0.4) is 0 Å². The lowest BCUT2D eigenvalue weighted by Crippen LogP contribution is -2.24. The van der Waals surface area contributed by atoms with Gasteiger partial charge in [-0.1, -0.05) is 41.5 Å². The van der Waals surface area contributed by atoms with E-state index in [0.29, 0.717) is 16.9 Å². The summed E-state index contributed by atoms with van der Waals surface area (Å²) in [6.07, 6.45) is 4.80. The molecule has 0 fully saturated rings. The van der Waals surface area contributed by atoms with Crippen molar-refractivity contribution >= 4 is 0 Å². The summed E-state index contributed by atoms with van der Waals surface area (Å²) in [5.41, 5.74) is 6.95. The highest BCUT2D eigenvalue weighted by molar-refractivity contribution is 4.71. The van der Waals surface area contributed by atoms with Crippen molar-refractivity contribution in [3.8, 4) is 0 Å². The molecule has 0 aliphatic rings. The molecule has 0 aliphatic heterocycles. The summed E-state index contributed by atoms with van der Waals surface area (Å²) in [6, 6.07) is 0.397. The molecule has 14 heavy (non-hydrogen) atoms. The molecule has 0 aromatic rings. The van der Waals surface area contributed by atoms with Gasteiger partial charge in [0.25, 0.3) is 0 Å². The van der Waals surface area contributed by atoms with Crippen LogP contribution in [0.15, 0.2) is 0 Å². The van der Waals surface area contributed by atoms with Crippen LogP contribution in [-0.4, -0.2) is 6.04 Å². The van der Waals surface area contributed by atoms with E-state index in [0.717, 1.165) is 0 Å². The largest absolute Gasteiger partial charge is 0.328 e. The first-order valence-corrected chi connectivity index (χ1v) is 5.86. The maximum atomic E-state index is 6.09. The van der Waals surface area contributed by atoms with E-state index < -0.39 is 0 Å². The molecule has 0 amide bonds. The quantitative estimate of drug-likeness (QED) is 0.728. The Kier molecular flexibility index (Phi) is 5.14. The topological polar surface area (TPSA) is 26.0 Å². The van der Waals surface area contributed by atoms with Gasteiger partial charge in [0.2, 0.25) is 0 Å². The smallest absolute Gasteiger partial charge is 0.00392 e. The molecular weight excluding hydrogens is 170 g/mol. The van der Waals surface area contributed by atoms with Gasteiger partial charge in [-0.15, -0.1) is 0 Å². The van der Waals surface area contributed by atoms with Crippen LogP contribution >= 0.6 is 0 Å². The Morgan fingerprint density at radius 2 is 1.07 bits per heavy atom. The van der Waals surface area contributed by atoms with E-state index in [2.05, 4.69) is 41.5 Å². The minimum Gasteiger partial charge on any atom is -0.328 e. The maximum Gasteiger partial charge on any atom is 0.00392 e. The highest BCUT2D eigenvalue weighted by Gasteiger charge is 2.15.